The Morgan fingerprint density at radius 2 is 1.72 bits per heavy atom. The van der Waals surface area contributed by atoms with Crippen LogP contribution in [0.15, 0.2) is 35.2 Å². The highest BCUT2D eigenvalue weighted by Gasteiger charge is 2.13. The molecule has 0 aliphatic carbocycles. The number of nitriles is 1. The van der Waals surface area contributed by atoms with E-state index in [9.17, 15) is 8.42 Å². The van der Waals surface area contributed by atoms with Gasteiger partial charge in [0.25, 0.3) is 0 Å². The standard InChI is InChI=1S/C16H20N6O2S/c1-3-18-15-10-16(22-12(2)21-15)19-8-9-20-25(23,24)14-6-4-13(11-17)5-7-14/h4-7,10,20H,3,8-9H2,1-2H3,(H2,18,19,21,22). The van der Waals surface area contributed by atoms with Gasteiger partial charge in [-0.25, -0.2) is 23.1 Å². The second kappa shape index (κ2) is 8.41. The van der Waals surface area contributed by atoms with Crippen molar-refractivity contribution in [1.29, 1.82) is 5.26 Å². The van der Waals surface area contributed by atoms with Crippen molar-refractivity contribution in [3.63, 3.8) is 0 Å². The third-order valence-corrected chi connectivity index (χ3v) is 4.69. The smallest absolute Gasteiger partial charge is 0.240 e. The maximum absolute atomic E-state index is 12.2. The molecule has 0 aliphatic heterocycles. The molecule has 0 saturated heterocycles. The Hall–Kier alpha value is -2.70. The Bertz CT molecular complexity index is 859. The van der Waals surface area contributed by atoms with Gasteiger partial charge in [0.15, 0.2) is 0 Å². The number of aryl methyl sites for hydroxylation is 1. The van der Waals surface area contributed by atoms with Crippen LogP contribution in [-0.4, -0.2) is 38.0 Å². The molecule has 25 heavy (non-hydrogen) atoms. The average molecular weight is 360 g/mol. The zero-order valence-electron chi connectivity index (χ0n) is 14.1. The fourth-order valence-electron chi connectivity index (χ4n) is 2.10. The lowest BCUT2D eigenvalue weighted by Crippen LogP contribution is -2.29. The lowest BCUT2D eigenvalue weighted by atomic mass is 10.2. The Morgan fingerprint density at radius 3 is 2.32 bits per heavy atom. The highest BCUT2D eigenvalue weighted by molar-refractivity contribution is 7.89. The van der Waals surface area contributed by atoms with Gasteiger partial charge in [0.1, 0.15) is 17.5 Å². The summed E-state index contributed by atoms with van der Waals surface area (Å²) in [5.41, 5.74) is 0.413. The molecule has 0 saturated carbocycles. The van der Waals surface area contributed by atoms with Gasteiger partial charge in [-0.1, -0.05) is 0 Å². The minimum Gasteiger partial charge on any atom is -0.370 e. The Morgan fingerprint density at radius 1 is 1.08 bits per heavy atom. The van der Waals surface area contributed by atoms with E-state index in [0.717, 1.165) is 12.4 Å². The van der Waals surface area contributed by atoms with Crippen LogP contribution in [0.3, 0.4) is 0 Å². The normalized spacial score (nSPS) is 10.9. The van der Waals surface area contributed by atoms with Crippen LogP contribution < -0.4 is 15.4 Å². The number of hydrogen-bond donors (Lipinski definition) is 3. The monoisotopic (exact) mass is 360 g/mol. The molecule has 0 bridgehead atoms. The minimum absolute atomic E-state index is 0.124. The summed E-state index contributed by atoms with van der Waals surface area (Å²) >= 11 is 0. The number of anilines is 2. The van der Waals surface area contributed by atoms with E-state index in [0.29, 0.717) is 23.8 Å². The van der Waals surface area contributed by atoms with E-state index in [4.69, 9.17) is 5.26 Å². The van der Waals surface area contributed by atoms with E-state index in [2.05, 4.69) is 25.3 Å². The average Bonchev–Trinajstić information content (AvgIpc) is 2.59. The number of aromatic nitrogens is 2. The zero-order valence-corrected chi connectivity index (χ0v) is 14.9. The summed E-state index contributed by atoms with van der Waals surface area (Å²) < 4.78 is 26.9. The van der Waals surface area contributed by atoms with Crippen molar-refractivity contribution < 1.29 is 8.42 Å². The molecule has 0 unspecified atom stereocenters. The van der Waals surface area contributed by atoms with Crippen molar-refractivity contribution in [2.24, 2.45) is 0 Å². The molecule has 1 heterocycles. The van der Waals surface area contributed by atoms with Crippen molar-refractivity contribution in [1.82, 2.24) is 14.7 Å². The van der Waals surface area contributed by atoms with Crippen molar-refractivity contribution in [2.75, 3.05) is 30.3 Å². The molecule has 2 aromatic rings. The lowest BCUT2D eigenvalue weighted by molar-refractivity contribution is 0.583. The van der Waals surface area contributed by atoms with Crippen LogP contribution in [-0.2, 0) is 10.0 Å². The zero-order chi connectivity index (χ0) is 18.3. The maximum atomic E-state index is 12.2. The molecule has 1 aromatic carbocycles. The van der Waals surface area contributed by atoms with Gasteiger partial charge in [-0.3, -0.25) is 0 Å². The van der Waals surface area contributed by atoms with Gasteiger partial charge in [-0.2, -0.15) is 5.26 Å². The van der Waals surface area contributed by atoms with Gasteiger partial charge in [0, 0.05) is 25.7 Å². The van der Waals surface area contributed by atoms with Gasteiger partial charge < -0.3 is 10.6 Å². The third kappa shape index (κ3) is 5.41. The summed E-state index contributed by atoms with van der Waals surface area (Å²) in [7, 11) is -3.61. The van der Waals surface area contributed by atoms with Crippen LogP contribution in [0.25, 0.3) is 0 Å². The fourth-order valence-corrected chi connectivity index (χ4v) is 3.13. The van der Waals surface area contributed by atoms with Gasteiger partial charge in [-0.05, 0) is 38.1 Å². The minimum atomic E-state index is -3.61. The molecule has 1 aromatic heterocycles. The molecule has 2 rings (SSSR count). The summed E-state index contributed by atoms with van der Waals surface area (Å²) in [6.07, 6.45) is 0. The Balaban J connectivity index is 1.90. The van der Waals surface area contributed by atoms with E-state index < -0.39 is 10.0 Å². The van der Waals surface area contributed by atoms with Crippen molar-refractivity contribution in [3.05, 3.63) is 41.7 Å². The molecule has 0 radical (unpaired) electrons. The van der Waals surface area contributed by atoms with Crippen LogP contribution in [0.5, 0.6) is 0 Å². The van der Waals surface area contributed by atoms with E-state index in [1.54, 1.807) is 13.0 Å². The molecule has 0 amide bonds. The van der Waals surface area contributed by atoms with E-state index in [1.165, 1.54) is 24.3 Å². The molecule has 0 fully saturated rings. The predicted molar refractivity (Wildman–Crippen MR) is 95.8 cm³/mol. The predicted octanol–water partition coefficient (Wildman–Crippen LogP) is 1.48. The van der Waals surface area contributed by atoms with Crippen LogP contribution in [0.4, 0.5) is 11.6 Å². The van der Waals surface area contributed by atoms with Crippen molar-refractivity contribution >= 4 is 21.7 Å². The van der Waals surface area contributed by atoms with Crippen LogP contribution in [0.2, 0.25) is 0 Å². The molecule has 0 aliphatic rings. The Kier molecular flexibility index (Phi) is 6.27. The Labute approximate surface area is 147 Å². The van der Waals surface area contributed by atoms with Crippen molar-refractivity contribution in [3.8, 4) is 6.07 Å². The topological polar surface area (TPSA) is 120 Å². The van der Waals surface area contributed by atoms with E-state index in [1.807, 2.05) is 13.0 Å². The first kappa shape index (κ1) is 18.6. The SMILES string of the molecule is CCNc1cc(NCCNS(=O)(=O)c2ccc(C#N)cc2)nc(C)n1. The molecule has 8 nitrogen and oxygen atoms in total. The summed E-state index contributed by atoms with van der Waals surface area (Å²) in [6, 6.07) is 9.48. The highest BCUT2D eigenvalue weighted by atomic mass is 32.2. The first-order chi connectivity index (χ1) is 11.9. The quantitative estimate of drug-likeness (QED) is 0.610. The molecule has 9 heteroatoms. The number of rotatable bonds is 8. The summed E-state index contributed by atoms with van der Waals surface area (Å²) in [4.78, 5) is 8.63. The lowest BCUT2D eigenvalue weighted by Gasteiger charge is -2.10. The van der Waals surface area contributed by atoms with Crippen LogP contribution in [0, 0.1) is 18.3 Å². The summed E-state index contributed by atoms with van der Waals surface area (Å²) in [6.45, 7) is 5.09. The first-order valence-electron chi connectivity index (χ1n) is 7.78. The summed E-state index contributed by atoms with van der Waals surface area (Å²) in [5, 5.41) is 14.9. The summed E-state index contributed by atoms with van der Waals surface area (Å²) in [5.74, 6) is 1.97. The van der Waals surface area contributed by atoms with E-state index in [-0.39, 0.29) is 11.4 Å². The van der Waals surface area contributed by atoms with Gasteiger partial charge in [0.05, 0.1) is 16.5 Å². The number of sulfonamides is 1. The molecule has 132 valence electrons. The van der Waals surface area contributed by atoms with Crippen LogP contribution in [0.1, 0.15) is 18.3 Å². The van der Waals surface area contributed by atoms with Crippen LogP contribution >= 0.6 is 0 Å². The number of nitrogens with one attached hydrogen (secondary N) is 3. The second-order valence-electron chi connectivity index (χ2n) is 5.18. The number of nitrogens with zero attached hydrogens (tertiary/aromatic N) is 3. The molecule has 3 N–H and O–H groups in total. The molecular weight excluding hydrogens is 340 g/mol. The number of benzene rings is 1. The first-order valence-corrected chi connectivity index (χ1v) is 9.26. The third-order valence-electron chi connectivity index (χ3n) is 3.21. The molecule has 0 atom stereocenters. The molecule has 0 spiro atoms. The number of hydrogen-bond acceptors (Lipinski definition) is 7. The van der Waals surface area contributed by atoms with Gasteiger partial charge in [-0.15, -0.1) is 0 Å². The molecular formula is C16H20N6O2S. The fraction of sp³-hybridized carbons (Fsp3) is 0.312. The second-order valence-corrected chi connectivity index (χ2v) is 6.94. The van der Waals surface area contributed by atoms with E-state index >= 15 is 0 Å². The van der Waals surface area contributed by atoms with Gasteiger partial charge >= 0.3 is 0 Å². The van der Waals surface area contributed by atoms with Gasteiger partial charge in [0.2, 0.25) is 10.0 Å². The maximum Gasteiger partial charge on any atom is 0.240 e. The highest BCUT2D eigenvalue weighted by Crippen LogP contribution is 2.11. The van der Waals surface area contributed by atoms with Crippen molar-refractivity contribution in [2.45, 2.75) is 18.7 Å². The largest absolute Gasteiger partial charge is 0.370 e.